The van der Waals surface area contributed by atoms with E-state index in [0.29, 0.717) is 0 Å². The maximum atomic E-state index is 3.31. The van der Waals surface area contributed by atoms with Crippen molar-refractivity contribution < 1.29 is 0 Å². The minimum atomic E-state index is 0.865. The third-order valence-corrected chi connectivity index (χ3v) is 16.4. The molecule has 46 heavy (non-hydrogen) atoms. The Kier molecular flexibility index (Phi) is 11.2. The average molecular weight is 631 g/mol. The highest BCUT2D eigenvalue weighted by Crippen LogP contribution is 2.49. The van der Waals surface area contributed by atoms with Gasteiger partial charge < -0.3 is 0 Å². The summed E-state index contributed by atoms with van der Waals surface area (Å²) in [5, 5.41) is 0. The summed E-state index contributed by atoms with van der Waals surface area (Å²) in [4.78, 5) is 6.58. The summed E-state index contributed by atoms with van der Waals surface area (Å²) >= 11 is 0. The Morgan fingerprint density at radius 2 is 0.804 bits per heavy atom. The quantitative estimate of drug-likeness (QED) is 0.258. The summed E-state index contributed by atoms with van der Waals surface area (Å²) in [5.41, 5.74) is 0. The van der Waals surface area contributed by atoms with Crippen molar-refractivity contribution in [2.75, 3.05) is 0 Å². The second kappa shape index (κ2) is 15.7. The first-order chi connectivity index (χ1) is 22.8. The molecule has 0 spiro atoms. The molecule has 6 unspecified atom stereocenters. The van der Waals surface area contributed by atoms with Gasteiger partial charge in [0.05, 0.1) is 0 Å². The summed E-state index contributed by atoms with van der Waals surface area (Å²) in [6.07, 6.45) is 50.9. The van der Waals surface area contributed by atoms with Crippen LogP contribution in [0.5, 0.6) is 0 Å². The molecule has 0 N–H and O–H groups in total. The van der Waals surface area contributed by atoms with E-state index in [-0.39, 0.29) is 0 Å². The monoisotopic (exact) mass is 631 g/mol. The van der Waals surface area contributed by atoms with Crippen molar-refractivity contribution in [3.05, 3.63) is 12.2 Å². The van der Waals surface area contributed by atoms with Gasteiger partial charge in [0.15, 0.2) is 0 Å². The number of allylic oxidation sites excluding steroid dienone is 1. The highest BCUT2D eigenvalue weighted by atomic mass is 15.2. The van der Waals surface area contributed by atoms with Gasteiger partial charge in [0.1, 0.15) is 0 Å². The summed E-state index contributed by atoms with van der Waals surface area (Å²) in [7, 11) is 0. The zero-order valence-corrected chi connectivity index (χ0v) is 30.2. The molecule has 2 heteroatoms. The minimum Gasteiger partial charge on any atom is -0.294 e. The Morgan fingerprint density at radius 1 is 0.326 bits per heavy atom. The van der Waals surface area contributed by atoms with Gasteiger partial charge in [-0.3, -0.25) is 9.80 Å². The Labute approximate surface area is 285 Å². The summed E-state index contributed by atoms with van der Waals surface area (Å²) in [6, 6.07) is 5.46. The van der Waals surface area contributed by atoms with Crippen LogP contribution in [-0.4, -0.2) is 46.1 Å². The van der Waals surface area contributed by atoms with Crippen LogP contribution in [0, 0.1) is 35.5 Å². The largest absolute Gasteiger partial charge is 0.294 e. The lowest BCUT2D eigenvalue weighted by Gasteiger charge is -2.54. The van der Waals surface area contributed by atoms with Gasteiger partial charge in [-0.05, 0) is 151 Å². The van der Waals surface area contributed by atoms with Crippen molar-refractivity contribution >= 4 is 0 Å². The molecule has 7 fully saturated rings. The smallest absolute Gasteiger partial charge is 0.0167 e. The van der Waals surface area contributed by atoms with Gasteiger partial charge >= 0.3 is 0 Å². The van der Waals surface area contributed by atoms with E-state index in [0.717, 1.165) is 71.8 Å². The van der Waals surface area contributed by atoms with Crippen LogP contribution in [0.3, 0.4) is 0 Å². The van der Waals surface area contributed by atoms with Gasteiger partial charge in [-0.15, -0.1) is 0 Å². The third kappa shape index (κ3) is 7.12. The first kappa shape index (κ1) is 32.8. The van der Waals surface area contributed by atoms with Crippen molar-refractivity contribution in [2.45, 2.75) is 229 Å². The van der Waals surface area contributed by atoms with Crippen LogP contribution in [0.15, 0.2) is 12.2 Å². The van der Waals surface area contributed by atoms with E-state index in [4.69, 9.17) is 0 Å². The molecule has 6 atom stereocenters. The lowest BCUT2D eigenvalue weighted by molar-refractivity contribution is -0.0421. The molecule has 0 amide bonds. The van der Waals surface area contributed by atoms with Gasteiger partial charge in [0.25, 0.3) is 0 Å². The molecular weight excluding hydrogens is 556 g/mol. The molecule has 7 saturated carbocycles. The van der Waals surface area contributed by atoms with Crippen molar-refractivity contribution in [3.63, 3.8) is 0 Å². The number of hydrogen-bond acceptors (Lipinski definition) is 2. The molecule has 2 nitrogen and oxygen atoms in total. The Hall–Kier alpha value is -0.340. The topological polar surface area (TPSA) is 6.48 Å². The first-order valence-corrected chi connectivity index (χ1v) is 22.0. The van der Waals surface area contributed by atoms with E-state index in [9.17, 15) is 0 Å². The molecule has 0 saturated heterocycles. The standard InChI is InChI=1S/C44H74N2/c1-3-17-37(18-4-1)45(43-23-11-15-35-13-7-9-21-41(35)43)39-29-25-33(26-30-39)34-27-31-40(32-28-34)46(38-19-5-2-6-20-38)44-24-12-16-36-14-8-10-22-42(36)44/h9,21,33-44H,1-8,10-20,22-32H2. The van der Waals surface area contributed by atoms with Crippen LogP contribution in [0.2, 0.25) is 0 Å². The Bertz CT molecular complexity index is 943. The van der Waals surface area contributed by atoms with Crippen LogP contribution in [-0.2, 0) is 0 Å². The maximum absolute atomic E-state index is 3.31. The van der Waals surface area contributed by atoms with E-state index in [1.165, 1.54) is 135 Å². The van der Waals surface area contributed by atoms with Crippen molar-refractivity contribution in [2.24, 2.45) is 35.5 Å². The van der Waals surface area contributed by atoms with Gasteiger partial charge in [0.2, 0.25) is 0 Å². The van der Waals surface area contributed by atoms with Gasteiger partial charge in [-0.2, -0.15) is 0 Å². The predicted molar refractivity (Wildman–Crippen MR) is 195 cm³/mol. The summed E-state index contributed by atoms with van der Waals surface area (Å²) < 4.78 is 0. The lowest BCUT2D eigenvalue weighted by Crippen LogP contribution is -2.57. The second-order valence-corrected chi connectivity index (χ2v) is 18.7. The second-order valence-electron chi connectivity index (χ2n) is 18.7. The molecule has 0 aliphatic heterocycles. The molecule has 0 aromatic heterocycles. The molecule has 260 valence electrons. The van der Waals surface area contributed by atoms with E-state index in [2.05, 4.69) is 22.0 Å². The molecule has 0 heterocycles. The van der Waals surface area contributed by atoms with Crippen molar-refractivity contribution in [3.8, 4) is 0 Å². The van der Waals surface area contributed by atoms with Crippen molar-refractivity contribution in [1.82, 2.24) is 9.80 Å². The summed E-state index contributed by atoms with van der Waals surface area (Å²) in [5.74, 6) is 6.08. The van der Waals surface area contributed by atoms with E-state index >= 15 is 0 Å². The number of fused-ring (bicyclic) bond motifs is 2. The van der Waals surface area contributed by atoms with Gasteiger partial charge in [0, 0.05) is 36.3 Å². The van der Waals surface area contributed by atoms with Crippen molar-refractivity contribution in [1.29, 1.82) is 0 Å². The molecular formula is C44H74N2. The minimum absolute atomic E-state index is 0.865. The zero-order chi connectivity index (χ0) is 30.7. The molecule has 0 bridgehead atoms. The van der Waals surface area contributed by atoms with Gasteiger partial charge in [-0.25, -0.2) is 0 Å². The maximum Gasteiger partial charge on any atom is 0.0167 e. The zero-order valence-electron chi connectivity index (χ0n) is 30.2. The number of rotatable bonds is 7. The van der Waals surface area contributed by atoms with Gasteiger partial charge in [-0.1, -0.05) is 89.2 Å². The van der Waals surface area contributed by atoms with Crippen LogP contribution in [0.4, 0.5) is 0 Å². The van der Waals surface area contributed by atoms with Crippen LogP contribution < -0.4 is 0 Å². The molecule has 8 aliphatic rings. The predicted octanol–water partition coefficient (Wildman–Crippen LogP) is 11.9. The van der Waals surface area contributed by atoms with Crippen LogP contribution in [0.25, 0.3) is 0 Å². The lowest BCUT2D eigenvalue weighted by atomic mass is 9.66. The first-order valence-electron chi connectivity index (χ1n) is 22.0. The third-order valence-electron chi connectivity index (χ3n) is 16.4. The number of hydrogen-bond donors (Lipinski definition) is 0. The highest BCUT2D eigenvalue weighted by molar-refractivity contribution is 5.07. The van der Waals surface area contributed by atoms with Crippen LogP contribution in [0.1, 0.15) is 193 Å². The van der Waals surface area contributed by atoms with E-state index < -0.39 is 0 Å². The fourth-order valence-electron chi connectivity index (χ4n) is 14.3. The molecule has 0 aromatic rings. The SMILES string of the molecule is C1=CC2C(CC1)CCCC2N(C1CCCCC1)C1CCC(C2CCC(N(C3CCCCC3)C3CCCC4CCCCC43)CC2)CC1. The fourth-order valence-corrected chi connectivity index (χ4v) is 14.3. The molecule has 8 rings (SSSR count). The van der Waals surface area contributed by atoms with E-state index in [1.54, 1.807) is 57.8 Å². The molecule has 0 aromatic carbocycles. The highest BCUT2D eigenvalue weighted by Gasteiger charge is 2.46. The molecule has 0 radical (unpaired) electrons. The summed E-state index contributed by atoms with van der Waals surface area (Å²) in [6.45, 7) is 0. The number of nitrogens with zero attached hydrogens (tertiary/aromatic N) is 2. The normalized spacial score (nSPS) is 43.3. The molecule has 8 aliphatic carbocycles. The average Bonchev–Trinajstić information content (AvgIpc) is 3.14. The fraction of sp³-hybridized carbons (Fsp3) is 0.955. The van der Waals surface area contributed by atoms with Crippen LogP contribution >= 0.6 is 0 Å². The van der Waals surface area contributed by atoms with E-state index in [1.807, 2.05) is 0 Å². The Morgan fingerprint density at radius 3 is 1.43 bits per heavy atom. The Balaban J connectivity index is 0.905.